The molecule has 0 spiro atoms. The number of fused-ring (bicyclic) bond motifs is 1. The van der Waals surface area contributed by atoms with Crippen molar-refractivity contribution in [1.29, 1.82) is 5.26 Å². The average molecular weight is 555 g/mol. The molecule has 6 heteroatoms. The molecule has 0 aliphatic carbocycles. The van der Waals surface area contributed by atoms with Gasteiger partial charge >= 0.3 is 0 Å². The Balaban J connectivity index is 1.22. The van der Waals surface area contributed by atoms with Gasteiger partial charge < -0.3 is 19.5 Å². The topological polar surface area (TPSA) is 80.6 Å². The molecule has 0 saturated heterocycles. The zero-order chi connectivity index (χ0) is 29.3. The average Bonchev–Trinajstić information content (AvgIpc) is 3.03. The fraction of sp³-hybridized carbons (Fsp3) is 0.111. The molecule has 0 bridgehead atoms. The fourth-order valence-corrected chi connectivity index (χ4v) is 4.47. The molecule has 1 amide bonds. The third-order valence-electron chi connectivity index (χ3n) is 6.77. The minimum absolute atomic E-state index is 0.0406. The molecule has 0 fully saturated rings. The van der Waals surface area contributed by atoms with Gasteiger partial charge in [0.1, 0.15) is 30.6 Å². The van der Waals surface area contributed by atoms with E-state index >= 15 is 0 Å². The molecule has 0 aromatic heterocycles. The van der Waals surface area contributed by atoms with Crippen molar-refractivity contribution in [1.82, 2.24) is 0 Å². The van der Waals surface area contributed by atoms with E-state index in [0.29, 0.717) is 41.7 Å². The smallest absolute Gasteiger partial charge is 0.266 e. The minimum atomic E-state index is -0.513. The number of anilines is 1. The third kappa shape index (κ3) is 6.96. The van der Waals surface area contributed by atoms with Crippen LogP contribution in [0.15, 0.2) is 115 Å². The summed E-state index contributed by atoms with van der Waals surface area (Å²) in [7, 11) is 1.56. The normalized spacial score (nSPS) is 11.0. The monoisotopic (exact) mass is 554 g/mol. The van der Waals surface area contributed by atoms with Crippen molar-refractivity contribution in [3.05, 3.63) is 137 Å². The fourth-order valence-electron chi connectivity index (χ4n) is 4.47. The summed E-state index contributed by atoms with van der Waals surface area (Å²) < 4.78 is 17.5. The molecule has 208 valence electrons. The molecular weight excluding hydrogens is 524 g/mol. The van der Waals surface area contributed by atoms with Gasteiger partial charge in [0.05, 0.1) is 7.11 Å². The van der Waals surface area contributed by atoms with Gasteiger partial charge in [-0.1, -0.05) is 78.4 Å². The van der Waals surface area contributed by atoms with Crippen LogP contribution in [0.1, 0.15) is 22.3 Å². The third-order valence-corrected chi connectivity index (χ3v) is 6.77. The molecule has 5 rings (SSSR count). The predicted octanol–water partition coefficient (Wildman–Crippen LogP) is 7.86. The van der Waals surface area contributed by atoms with Gasteiger partial charge in [0.2, 0.25) is 0 Å². The minimum Gasteiger partial charge on any atom is -0.493 e. The zero-order valence-electron chi connectivity index (χ0n) is 23.5. The lowest BCUT2D eigenvalue weighted by molar-refractivity contribution is -0.112. The van der Waals surface area contributed by atoms with E-state index in [1.807, 2.05) is 61.5 Å². The van der Waals surface area contributed by atoms with E-state index in [0.717, 1.165) is 21.9 Å². The maximum atomic E-state index is 12.9. The Morgan fingerprint density at radius 3 is 2.36 bits per heavy atom. The highest BCUT2D eigenvalue weighted by Crippen LogP contribution is 2.31. The summed E-state index contributed by atoms with van der Waals surface area (Å²) in [5.41, 5.74) is 4.48. The molecule has 0 radical (unpaired) electrons. The number of nitrogens with zero attached hydrogens (tertiary/aromatic N) is 1. The Morgan fingerprint density at radius 1 is 0.833 bits per heavy atom. The van der Waals surface area contributed by atoms with Crippen LogP contribution >= 0.6 is 0 Å². The Morgan fingerprint density at radius 2 is 1.60 bits per heavy atom. The van der Waals surface area contributed by atoms with E-state index in [4.69, 9.17) is 14.2 Å². The largest absolute Gasteiger partial charge is 0.493 e. The Labute approximate surface area is 245 Å². The number of carbonyl (C=O) groups excluding carboxylic acids is 1. The maximum absolute atomic E-state index is 12.9. The van der Waals surface area contributed by atoms with Gasteiger partial charge in [0.15, 0.2) is 11.5 Å². The molecule has 42 heavy (non-hydrogen) atoms. The van der Waals surface area contributed by atoms with Crippen LogP contribution < -0.4 is 19.5 Å². The summed E-state index contributed by atoms with van der Waals surface area (Å²) in [5.74, 6) is 1.23. The van der Waals surface area contributed by atoms with Crippen LogP contribution in [-0.4, -0.2) is 13.0 Å². The first-order chi connectivity index (χ1) is 20.5. The van der Waals surface area contributed by atoms with Crippen LogP contribution in [0.4, 0.5) is 5.69 Å². The second-order valence-corrected chi connectivity index (χ2v) is 9.76. The van der Waals surface area contributed by atoms with E-state index in [2.05, 4.69) is 23.5 Å². The van der Waals surface area contributed by atoms with Gasteiger partial charge in [0, 0.05) is 5.69 Å². The second-order valence-electron chi connectivity index (χ2n) is 9.76. The summed E-state index contributed by atoms with van der Waals surface area (Å²) in [5, 5.41) is 14.8. The van der Waals surface area contributed by atoms with Crippen molar-refractivity contribution in [3.8, 4) is 23.3 Å². The van der Waals surface area contributed by atoms with Crippen LogP contribution in [0.25, 0.3) is 16.8 Å². The van der Waals surface area contributed by atoms with E-state index < -0.39 is 5.91 Å². The van der Waals surface area contributed by atoms with E-state index in [1.165, 1.54) is 11.6 Å². The molecule has 0 aliphatic rings. The van der Waals surface area contributed by atoms with Crippen molar-refractivity contribution in [2.75, 3.05) is 12.4 Å². The van der Waals surface area contributed by atoms with Crippen molar-refractivity contribution in [2.24, 2.45) is 0 Å². The summed E-state index contributed by atoms with van der Waals surface area (Å²) in [6.07, 6.45) is 1.52. The maximum Gasteiger partial charge on any atom is 0.266 e. The standard InChI is InChI=1S/C36H30N2O4/c1-25-10-12-26(13-11-25)23-41-32-17-15-31(16-18-32)38-36(39)30(22-37)20-27-14-19-34(35(21-27)40-2)42-24-29-8-5-7-28-6-3-4-9-33(28)29/h3-21H,23-24H2,1-2H3,(H,38,39)/b30-20+. The Bertz CT molecular complexity index is 1760. The molecule has 0 heterocycles. The lowest BCUT2D eigenvalue weighted by Crippen LogP contribution is -2.13. The lowest BCUT2D eigenvalue weighted by Gasteiger charge is -2.13. The Hall–Kier alpha value is -5.54. The first kappa shape index (κ1) is 28.0. The number of nitrogens with one attached hydrogen (secondary N) is 1. The molecular formula is C36H30N2O4. The highest BCUT2D eigenvalue weighted by Gasteiger charge is 2.12. The number of nitriles is 1. The number of amides is 1. The van der Waals surface area contributed by atoms with E-state index in [9.17, 15) is 10.1 Å². The van der Waals surface area contributed by atoms with Gasteiger partial charge in [-0.2, -0.15) is 5.26 Å². The number of ether oxygens (including phenoxy) is 3. The number of rotatable bonds is 10. The molecule has 0 saturated carbocycles. The van der Waals surface area contributed by atoms with Crippen molar-refractivity contribution in [2.45, 2.75) is 20.1 Å². The van der Waals surface area contributed by atoms with Crippen LogP contribution in [-0.2, 0) is 18.0 Å². The van der Waals surface area contributed by atoms with Crippen molar-refractivity contribution in [3.63, 3.8) is 0 Å². The number of hydrogen-bond acceptors (Lipinski definition) is 5. The highest BCUT2D eigenvalue weighted by molar-refractivity contribution is 6.09. The molecule has 0 aliphatic heterocycles. The van der Waals surface area contributed by atoms with Crippen LogP contribution in [0.2, 0.25) is 0 Å². The number of benzene rings is 5. The number of carbonyl (C=O) groups is 1. The highest BCUT2D eigenvalue weighted by atomic mass is 16.5. The van der Waals surface area contributed by atoms with Crippen LogP contribution in [0.5, 0.6) is 17.2 Å². The SMILES string of the molecule is COc1cc(/C=C(\C#N)C(=O)Nc2ccc(OCc3ccc(C)cc3)cc2)ccc1OCc1cccc2ccccc12. The lowest BCUT2D eigenvalue weighted by atomic mass is 10.1. The van der Waals surface area contributed by atoms with Gasteiger partial charge in [0.25, 0.3) is 5.91 Å². The zero-order valence-corrected chi connectivity index (χ0v) is 23.5. The van der Waals surface area contributed by atoms with Crippen LogP contribution in [0.3, 0.4) is 0 Å². The molecule has 1 N–H and O–H groups in total. The predicted molar refractivity (Wildman–Crippen MR) is 165 cm³/mol. The van der Waals surface area contributed by atoms with Gasteiger partial charge in [-0.05, 0) is 76.9 Å². The van der Waals surface area contributed by atoms with Gasteiger partial charge in [-0.25, -0.2) is 0 Å². The number of aryl methyl sites for hydroxylation is 1. The van der Waals surface area contributed by atoms with Crippen molar-refractivity contribution < 1.29 is 19.0 Å². The number of methoxy groups -OCH3 is 1. The summed E-state index contributed by atoms with van der Waals surface area (Å²) in [6.45, 7) is 2.86. The van der Waals surface area contributed by atoms with E-state index in [1.54, 1.807) is 49.6 Å². The van der Waals surface area contributed by atoms with Gasteiger partial charge in [-0.15, -0.1) is 0 Å². The molecule has 0 atom stereocenters. The van der Waals surface area contributed by atoms with Gasteiger partial charge in [-0.3, -0.25) is 4.79 Å². The molecule has 5 aromatic rings. The number of hydrogen-bond donors (Lipinski definition) is 1. The summed E-state index contributed by atoms with van der Waals surface area (Å²) >= 11 is 0. The van der Waals surface area contributed by atoms with E-state index in [-0.39, 0.29) is 5.57 Å². The summed E-state index contributed by atoms with van der Waals surface area (Å²) in [6, 6.07) is 36.8. The van der Waals surface area contributed by atoms with Crippen LogP contribution in [0, 0.1) is 18.3 Å². The first-order valence-electron chi connectivity index (χ1n) is 13.5. The summed E-state index contributed by atoms with van der Waals surface area (Å²) in [4.78, 5) is 12.9. The second kappa shape index (κ2) is 13.2. The molecule has 0 unspecified atom stereocenters. The molecule has 5 aromatic carbocycles. The van der Waals surface area contributed by atoms with Crippen molar-refractivity contribution >= 4 is 28.4 Å². The Kier molecular flexibility index (Phi) is 8.81. The quantitative estimate of drug-likeness (QED) is 0.140. The molecule has 6 nitrogen and oxygen atoms in total. The first-order valence-corrected chi connectivity index (χ1v) is 13.5.